The predicted octanol–water partition coefficient (Wildman–Crippen LogP) is 3.50. The third kappa shape index (κ3) is 4.55. The van der Waals surface area contributed by atoms with E-state index in [4.69, 9.17) is 4.74 Å². The van der Waals surface area contributed by atoms with Gasteiger partial charge in [-0.2, -0.15) is 5.10 Å². The van der Waals surface area contributed by atoms with Gasteiger partial charge in [0.25, 0.3) is 5.91 Å². The fourth-order valence-corrected chi connectivity index (χ4v) is 2.64. The molecule has 0 aliphatic heterocycles. The molecule has 0 spiro atoms. The lowest BCUT2D eigenvalue weighted by molar-refractivity contribution is -0.121. The van der Waals surface area contributed by atoms with Crippen LogP contribution in [0.4, 0.5) is 5.69 Å². The van der Waals surface area contributed by atoms with Crippen molar-refractivity contribution in [2.45, 2.75) is 13.0 Å². The number of anilines is 1. The van der Waals surface area contributed by atoms with Gasteiger partial charge in [0.05, 0.1) is 13.3 Å². The zero-order valence-corrected chi connectivity index (χ0v) is 15.1. The molecule has 3 N–H and O–H groups in total. The van der Waals surface area contributed by atoms with E-state index in [0.29, 0.717) is 11.3 Å². The number of carbonyl (C=O) groups excluding carboxylic acids is 1. The summed E-state index contributed by atoms with van der Waals surface area (Å²) in [7, 11) is 1.47. The van der Waals surface area contributed by atoms with Crippen molar-refractivity contribution in [2.24, 2.45) is 5.10 Å². The normalized spacial score (nSPS) is 12.1. The van der Waals surface area contributed by atoms with Crippen molar-refractivity contribution in [3.05, 3.63) is 66.2 Å². The van der Waals surface area contributed by atoms with E-state index in [1.807, 2.05) is 42.5 Å². The van der Waals surface area contributed by atoms with E-state index in [9.17, 15) is 9.90 Å². The Morgan fingerprint density at radius 1 is 1.11 bits per heavy atom. The first-order valence-corrected chi connectivity index (χ1v) is 8.52. The molecule has 0 heterocycles. The molecule has 138 valence electrons. The smallest absolute Gasteiger partial charge is 0.262 e. The van der Waals surface area contributed by atoms with E-state index in [2.05, 4.69) is 15.8 Å². The average Bonchev–Trinajstić information content (AvgIpc) is 2.69. The highest BCUT2D eigenvalue weighted by Gasteiger charge is 2.12. The van der Waals surface area contributed by atoms with Crippen LogP contribution in [0.1, 0.15) is 12.5 Å². The number of nitrogens with one attached hydrogen (secondary N) is 2. The van der Waals surface area contributed by atoms with Crippen molar-refractivity contribution in [3.8, 4) is 11.5 Å². The lowest BCUT2D eigenvalue weighted by Crippen LogP contribution is -2.34. The second kappa shape index (κ2) is 8.23. The van der Waals surface area contributed by atoms with Gasteiger partial charge in [0.15, 0.2) is 11.5 Å². The second-order valence-corrected chi connectivity index (χ2v) is 6.09. The fourth-order valence-electron chi connectivity index (χ4n) is 2.64. The van der Waals surface area contributed by atoms with Crippen LogP contribution in [-0.2, 0) is 4.79 Å². The molecule has 3 aromatic carbocycles. The highest BCUT2D eigenvalue weighted by Crippen LogP contribution is 2.25. The van der Waals surface area contributed by atoms with Gasteiger partial charge >= 0.3 is 0 Å². The summed E-state index contributed by atoms with van der Waals surface area (Å²) in [6.07, 6.45) is 1.49. The maximum atomic E-state index is 12.2. The molecule has 1 amide bonds. The first kappa shape index (κ1) is 18.3. The maximum Gasteiger partial charge on any atom is 0.262 e. The van der Waals surface area contributed by atoms with Crippen LogP contribution in [0.25, 0.3) is 10.8 Å². The Kier molecular flexibility index (Phi) is 5.56. The molecule has 6 nitrogen and oxygen atoms in total. The van der Waals surface area contributed by atoms with Crippen molar-refractivity contribution >= 4 is 28.6 Å². The zero-order valence-electron chi connectivity index (χ0n) is 15.1. The number of aromatic hydroxyl groups is 1. The molecule has 0 saturated carbocycles. The molecule has 0 aliphatic rings. The third-order valence-corrected chi connectivity index (χ3v) is 4.12. The average molecular weight is 363 g/mol. The first-order valence-electron chi connectivity index (χ1n) is 8.52. The minimum absolute atomic E-state index is 0.0480. The number of methoxy groups -OCH3 is 1. The standard InChI is InChI=1S/C21H21N3O3/c1-14(23-18-9-8-16-5-3-4-6-17(16)12-18)21(26)24-22-13-15-7-10-19(25)20(11-15)27-2/h3-14,23,25H,1-2H3,(H,24,26)/b22-13-/t14-/m0/s1. The van der Waals surface area contributed by atoms with Gasteiger partial charge in [0.2, 0.25) is 0 Å². The summed E-state index contributed by atoms with van der Waals surface area (Å²) in [4.78, 5) is 12.2. The number of carbonyl (C=O) groups is 1. The van der Waals surface area contributed by atoms with Gasteiger partial charge in [0, 0.05) is 5.69 Å². The zero-order chi connectivity index (χ0) is 19.2. The van der Waals surface area contributed by atoms with Gasteiger partial charge in [-0.25, -0.2) is 5.43 Å². The van der Waals surface area contributed by atoms with Crippen LogP contribution in [0.15, 0.2) is 65.8 Å². The Hall–Kier alpha value is -3.54. The molecule has 3 aromatic rings. The Labute approximate surface area is 157 Å². The van der Waals surface area contributed by atoms with Crippen molar-refractivity contribution < 1.29 is 14.6 Å². The van der Waals surface area contributed by atoms with E-state index in [-0.39, 0.29) is 11.7 Å². The maximum absolute atomic E-state index is 12.2. The molecule has 1 atom stereocenters. The van der Waals surface area contributed by atoms with E-state index in [1.54, 1.807) is 19.1 Å². The second-order valence-electron chi connectivity index (χ2n) is 6.09. The van der Waals surface area contributed by atoms with Crippen molar-refractivity contribution in [1.82, 2.24) is 5.43 Å². The predicted molar refractivity (Wildman–Crippen MR) is 107 cm³/mol. The molecular weight excluding hydrogens is 342 g/mol. The number of nitrogens with zero attached hydrogens (tertiary/aromatic N) is 1. The Balaban J connectivity index is 1.59. The molecule has 0 radical (unpaired) electrons. The van der Waals surface area contributed by atoms with Gasteiger partial charge in [-0.15, -0.1) is 0 Å². The highest BCUT2D eigenvalue weighted by atomic mass is 16.5. The summed E-state index contributed by atoms with van der Waals surface area (Å²) in [5.41, 5.74) is 4.06. The number of phenolic OH excluding ortho intramolecular Hbond substituents is 1. The number of fused-ring (bicyclic) bond motifs is 1. The van der Waals surface area contributed by atoms with Crippen molar-refractivity contribution in [1.29, 1.82) is 0 Å². The van der Waals surface area contributed by atoms with Crippen LogP contribution in [0.5, 0.6) is 11.5 Å². The van der Waals surface area contributed by atoms with Crippen LogP contribution in [0, 0.1) is 0 Å². The van der Waals surface area contributed by atoms with E-state index < -0.39 is 6.04 Å². The molecule has 3 rings (SSSR count). The summed E-state index contributed by atoms with van der Waals surface area (Å²) in [5.74, 6) is 0.133. The van der Waals surface area contributed by atoms with Gasteiger partial charge in [0.1, 0.15) is 6.04 Å². The SMILES string of the molecule is COc1cc(/C=N\NC(=O)[C@H](C)Nc2ccc3ccccc3c2)ccc1O. The van der Waals surface area contributed by atoms with E-state index in [0.717, 1.165) is 16.5 Å². The van der Waals surface area contributed by atoms with Crippen LogP contribution >= 0.6 is 0 Å². The third-order valence-electron chi connectivity index (χ3n) is 4.12. The summed E-state index contributed by atoms with van der Waals surface area (Å²) >= 11 is 0. The molecule has 27 heavy (non-hydrogen) atoms. The van der Waals surface area contributed by atoms with Crippen molar-refractivity contribution in [2.75, 3.05) is 12.4 Å². The molecular formula is C21H21N3O3. The minimum Gasteiger partial charge on any atom is -0.504 e. The van der Waals surface area contributed by atoms with Crippen LogP contribution in [-0.4, -0.2) is 30.4 Å². The molecule has 0 bridgehead atoms. The number of amides is 1. The lowest BCUT2D eigenvalue weighted by Gasteiger charge is -2.14. The van der Waals surface area contributed by atoms with Crippen LogP contribution in [0.3, 0.4) is 0 Å². The monoisotopic (exact) mass is 363 g/mol. The highest BCUT2D eigenvalue weighted by molar-refractivity contribution is 5.89. The molecule has 0 saturated heterocycles. The number of hydrogen-bond donors (Lipinski definition) is 3. The number of hydrogen-bond acceptors (Lipinski definition) is 5. The number of hydrazone groups is 1. The Morgan fingerprint density at radius 3 is 2.67 bits per heavy atom. The van der Waals surface area contributed by atoms with Crippen molar-refractivity contribution in [3.63, 3.8) is 0 Å². The van der Waals surface area contributed by atoms with Gasteiger partial charge in [-0.3, -0.25) is 4.79 Å². The van der Waals surface area contributed by atoms with Crippen LogP contribution < -0.4 is 15.5 Å². The topological polar surface area (TPSA) is 83.0 Å². The Bertz CT molecular complexity index is 985. The van der Waals surface area contributed by atoms with Gasteiger partial charge in [-0.05, 0) is 53.6 Å². The number of phenols is 1. The molecule has 0 unspecified atom stereocenters. The quantitative estimate of drug-likeness (QED) is 0.462. The Morgan fingerprint density at radius 2 is 1.89 bits per heavy atom. The molecule has 6 heteroatoms. The first-order chi connectivity index (χ1) is 13.1. The van der Waals surface area contributed by atoms with Gasteiger partial charge in [-0.1, -0.05) is 30.3 Å². The number of rotatable bonds is 6. The minimum atomic E-state index is -0.460. The largest absolute Gasteiger partial charge is 0.504 e. The molecule has 0 aromatic heterocycles. The van der Waals surface area contributed by atoms with Crippen LogP contribution in [0.2, 0.25) is 0 Å². The van der Waals surface area contributed by atoms with E-state index >= 15 is 0 Å². The summed E-state index contributed by atoms with van der Waals surface area (Å²) in [6, 6.07) is 18.4. The fraction of sp³-hybridized carbons (Fsp3) is 0.143. The lowest BCUT2D eigenvalue weighted by atomic mass is 10.1. The summed E-state index contributed by atoms with van der Waals surface area (Å²) < 4.78 is 5.04. The molecule has 0 aliphatic carbocycles. The van der Waals surface area contributed by atoms with Gasteiger partial charge < -0.3 is 15.2 Å². The summed E-state index contributed by atoms with van der Waals surface area (Å²) in [6.45, 7) is 1.77. The summed E-state index contributed by atoms with van der Waals surface area (Å²) in [5, 5.41) is 19.0. The molecule has 0 fully saturated rings. The number of benzene rings is 3. The number of ether oxygens (including phenoxy) is 1. The van der Waals surface area contributed by atoms with E-state index in [1.165, 1.54) is 19.4 Å².